The molecule has 3 unspecified atom stereocenters. The second-order valence-electron chi connectivity index (χ2n) is 4.94. The molecule has 2 heteroatoms. The van der Waals surface area contributed by atoms with E-state index in [4.69, 9.17) is 0 Å². The van der Waals surface area contributed by atoms with Gasteiger partial charge in [-0.2, -0.15) is 0 Å². The van der Waals surface area contributed by atoms with Crippen molar-refractivity contribution < 1.29 is 10.2 Å². The predicted octanol–water partition coefficient (Wildman–Crippen LogP) is 1.72. The molecule has 0 bridgehead atoms. The van der Waals surface area contributed by atoms with Crippen molar-refractivity contribution in [3.05, 3.63) is 12.2 Å². The maximum absolute atomic E-state index is 9.72. The molecule has 0 fully saturated rings. The summed E-state index contributed by atoms with van der Waals surface area (Å²) in [4.78, 5) is 0. The van der Waals surface area contributed by atoms with Crippen LogP contribution in [0.3, 0.4) is 0 Å². The Bertz CT molecular complexity index is 218. The van der Waals surface area contributed by atoms with Gasteiger partial charge in [0.1, 0.15) is 5.60 Å². The molecular formula is C11H20O2. The highest BCUT2D eigenvalue weighted by Crippen LogP contribution is 2.40. The van der Waals surface area contributed by atoms with Crippen LogP contribution in [0, 0.1) is 11.3 Å². The van der Waals surface area contributed by atoms with E-state index in [0.717, 1.165) is 0 Å². The van der Waals surface area contributed by atoms with Crippen LogP contribution in [0.5, 0.6) is 0 Å². The lowest BCUT2D eigenvalue weighted by molar-refractivity contribution is -0.0582. The van der Waals surface area contributed by atoms with Gasteiger partial charge in [0, 0.05) is 0 Å². The highest BCUT2D eigenvalue weighted by atomic mass is 16.3. The Morgan fingerprint density at radius 3 is 2.23 bits per heavy atom. The van der Waals surface area contributed by atoms with Crippen LogP contribution in [0.1, 0.15) is 34.1 Å². The van der Waals surface area contributed by atoms with Gasteiger partial charge in [-0.15, -0.1) is 0 Å². The van der Waals surface area contributed by atoms with Crippen LogP contribution in [0.25, 0.3) is 0 Å². The fourth-order valence-electron chi connectivity index (χ4n) is 1.59. The summed E-state index contributed by atoms with van der Waals surface area (Å²) in [6.45, 7) is 8.04. The minimum atomic E-state index is -1.05. The number of aliphatic hydroxyl groups is 2. The van der Waals surface area contributed by atoms with Crippen molar-refractivity contribution in [3.63, 3.8) is 0 Å². The van der Waals surface area contributed by atoms with Gasteiger partial charge in [0.2, 0.25) is 0 Å². The summed E-state index contributed by atoms with van der Waals surface area (Å²) in [7, 11) is 0. The average molecular weight is 184 g/mol. The Morgan fingerprint density at radius 1 is 1.31 bits per heavy atom. The van der Waals surface area contributed by atoms with Crippen molar-refractivity contribution in [2.45, 2.75) is 45.8 Å². The minimum absolute atomic E-state index is 0.0155. The lowest BCUT2D eigenvalue weighted by Crippen LogP contribution is -2.45. The molecule has 76 valence electrons. The Morgan fingerprint density at radius 2 is 1.85 bits per heavy atom. The monoisotopic (exact) mass is 184 g/mol. The maximum Gasteiger partial charge on any atom is 0.106 e. The molecule has 2 nitrogen and oxygen atoms in total. The molecule has 0 saturated carbocycles. The van der Waals surface area contributed by atoms with Gasteiger partial charge in [-0.1, -0.05) is 32.9 Å². The molecule has 1 aliphatic rings. The maximum atomic E-state index is 9.72. The normalized spacial score (nSPS) is 45.6. The van der Waals surface area contributed by atoms with Gasteiger partial charge in [0.05, 0.1) is 6.10 Å². The van der Waals surface area contributed by atoms with Crippen LogP contribution in [0.2, 0.25) is 0 Å². The SMILES string of the molecule is CC(C)C1(C)C=CC(C)(O)C(O)C1. The van der Waals surface area contributed by atoms with E-state index in [1.807, 2.05) is 6.08 Å². The van der Waals surface area contributed by atoms with Crippen LogP contribution in [0.4, 0.5) is 0 Å². The van der Waals surface area contributed by atoms with Crippen LogP contribution in [0.15, 0.2) is 12.2 Å². The van der Waals surface area contributed by atoms with Gasteiger partial charge in [0.15, 0.2) is 0 Å². The molecule has 1 rings (SSSR count). The van der Waals surface area contributed by atoms with E-state index in [0.29, 0.717) is 12.3 Å². The standard InChI is InChI=1S/C11H20O2/c1-8(2)10(3)5-6-11(4,13)9(12)7-10/h5-6,8-9,12-13H,7H2,1-4H3. The Kier molecular flexibility index (Phi) is 2.56. The van der Waals surface area contributed by atoms with E-state index < -0.39 is 11.7 Å². The summed E-state index contributed by atoms with van der Waals surface area (Å²) in [5.74, 6) is 0.481. The zero-order chi connectivity index (χ0) is 10.3. The Hall–Kier alpha value is -0.340. The zero-order valence-corrected chi connectivity index (χ0v) is 8.91. The van der Waals surface area contributed by atoms with Crippen molar-refractivity contribution in [3.8, 4) is 0 Å². The van der Waals surface area contributed by atoms with E-state index in [1.165, 1.54) is 0 Å². The van der Waals surface area contributed by atoms with Gasteiger partial charge in [0.25, 0.3) is 0 Å². The summed E-state index contributed by atoms with van der Waals surface area (Å²) in [6, 6.07) is 0. The first-order chi connectivity index (χ1) is 5.78. The number of hydrogen-bond acceptors (Lipinski definition) is 2. The zero-order valence-electron chi connectivity index (χ0n) is 8.91. The first-order valence-electron chi connectivity index (χ1n) is 4.89. The molecule has 0 radical (unpaired) electrons. The van der Waals surface area contributed by atoms with Crippen LogP contribution in [-0.2, 0) is 0 Å². The summed E-state index contributed by atoms with van der Waals surface area (Å²) in [5, 5.41) is 19.4. The number of rotatable bonds is 1. The molecule has 0 heterocycles. The molecular weight excluding hydrogens is 164 g/mol. The van der Waals surface area contributed by atoms with E-state index in [2.05, 4.69) is 20.8 Å². The van der Waals surface area contributed by atoms with Gasteiger partial charge in [-0.25, -0.2) is 0 Å². The van der Waals surface area contributed by atoms with Gasteiger partial charge < -0.3 is 10.2 Å². The molecule has 0 amide bonds. The van der Waals surface area contributed by atoms with Crippen molar-refractivity contribution in [2.75, 3.05) is 0 Å². The summed E-state index contributed by atoms with van der Waals surface area (Å²) < 4.78 is 0. The molecule has 1 aliphatic carbocycles. The predicted molar refractivity (Wildman–Crippen MR) is 53.3 cm³/mol. The van der Waals surface area contributed by atoms with Crippen LogP contribution >= 0.6 is 0 Å². The second kappa shape index (κ2) is 3.10. The molecule has 0 aliphatic heterocycles. The van der Waals surface area contributed by atoms with Crippen LogP contribution < -0.4 is 0 Å². The summed E-state index contributed by atoms with van der Waals surface area (Å²) in [5.41, 5.74) is -1.03. The van der Waals surface area contributed by atoms with Gasteiger partial charge >= 0.3 is 0 Å². The molecule has 2 N–H and O–H groups in total. The molecule has 0 saturated heterocycles. The quantitative estimate of drug-likeness (QED) is 0.609. The molecule has 3 atom stereocenters. The van der Waals surface area contributed by atoms with Crippen molar-refractivity contribution in [1.29, 1.82) is 0 Å². The van der Waals surface area contributed by atoms with Crippen LogP contribution in [-0.4, -0.2) is 21.9 Å². The van der Waals surface area contributed by atoms with E-state index in [-0.39, 0.29) is 5.41 Å². The third kappa shape index (κ3) is 1.94. The summed E-state index contributed by atoms with van der Waals surface area (Å²) >= 11 is 0. The summed E-state index contributed by atoms with van der Waals surface area (Å²) in [6.07, 6.45) is 3.74. The van der Waals surface area contributed by atoms with Gasteiger partial charge in [-0.3, -0.25) is 0 Å². The molecule has 0 spiro atoms. The highest BCUT2D eigenvalue weighted by molar-refractivity contribution is 5.15. The molecule has 0 aromatic rings. The third-order valence-corrected chi connectivity index (χ3v) is 3.43. The lowest BCUT2D eigenvalue weighted by Gasteiger charge is -2.41. The Balaban J connectivity index is 2.90. The molecule has 13 heavy (non-hydrogen) atoms. The smallest absolute Gasteiger partial charge is 0.106 e. The number of aliphatic hydroxyl groups excluding tert-OH is 1. The van der Waals surface area contributed by atoms with Crippen molar-refractivity contribution in [1.82, 2.24) is 0 Å². The largest absolute Gasteiger partial charge is 0.390 e. The fourth-order valence-corrected chi connectivity index (χ4v) is 1.59. The minimum Gasteiger partial charge on any atom is -0.390 e. The van der Waals surface area contributed by atoms with Gasteiger partial charge in [-0.05, 0) is 24.7 Å². The topological polar surface area (TPSA) is 40.5 Å². The first-order valence-corrected chi connectivity index (χ1v) is 4.89. The van der Waals surface area contributed by atoms with E-state index >= 15 is 0 Å². The number of allylic oxidation sites excluding steroid dienone is 1. The Labute approximate surface area is 80.3 Å². The van der Waals surface area contributed by atoms with E-state index in [9.17, 15) is 10.2 Å². The molecule has 0 aromatic carbocycles. The average Bonchev–Trinajstić information content (AvgIpc) is 1.98. The molecule has 0 aromatic heterocycles. The highest BCUT2D eigenvalue weighted by Gasteiger charge is 2.40. The second-order valence-corrected chi connectivity index (χ2v) is 4.94. The van der Waals surface area contributed by atoms with Crippen molar-refractivity contribution >= 4 is 0 Å². The third-order valence-electron chi connectivity index (χ3n) is 3.43. The fraction of sp³-hybridized carbons (Fsp3) is 0.818. The first kappa shape index (κ1) is 10.7. The number of hydrogen-bond donors (Lipinski definition) is 2. The van der Waals surface area contributed by atoms with E-state index in [1.54, 1.807) is 13.0 Å². The van der Waals surface area contributed by atoms with Crippen molar-refractivity contribution in [2.24, 2.45) is 11.3 Å². The lowest BCUT2D eigenvalue weighted by atomic mass is 9.68.